The summed E-state index contributed by atoms with van der Waals surface area (Å²) in [5.74, 6) is -1.03. The molecule has 158 valence electrons. The Balaban J connectivity index is 2.05. The Labute approximate surface area is 166 Å². The molecule has 1 aliphatic rings. The number of fused-ring (bicyclic) bond motifs is 1. The van der Waals surface area contributed by atoms with Crippen molar-refractivity contribution in [2.24, 2.45) is 0 Å². The number of halogens is 4. The van der Waals surface area contributed by atoms with Crippen molar-refractivity contribution in [3.05, 3.63) is 22.1 Å². The zero-order valence-electron chi connectivity index (χ0n) is 15.3. The number of aromatic nitrogens is 1. The summed E-state index contributed by atoms with van der Waals surface area (Å²) in [5, 5.41) is 12.6. The molecule has 2 atom stereocenters. The van der Waals surface area contributed by atoms with E-state index in [1.165, 1.54) is 19.4 Å². The smallest absolute Gasteiger partial charge is 0.418 e. The van der Waals surface area contributed by atoms with Crippen LogP contribution >= 0.6 is 11.3 Å². The van der Waals surface area contributed by atoms with Gasteiger partial charge in [-0.1, -0.05) is 0 Å². The first-order chi connectivity index (χ1) is 13.5. The molecule has 2 aromatic rings. The van der Waals surface area contributed by atoms with Crippen LogP contribution in [0.5, 0.6) is 5.88 Å². The van der Waals surface area contributed by atoms with Crippen LogP contribution in [0.2, 0.25) is 0 Å². The van der Waals surface area contributed by atoms with E-state index in [9.17, 15) is 27.2 Å². The number of amides is 2. The summed E-state index contributed by atoms with van der Waals surface area (Å²) in [6, 6.07) is 0. The molecule has 1 aliphatic heterocycles. The molecule has 0 aromatic carbocycles. The maximum Gasteiger partial charge on any atom is 0.418 e. The first-order valence-corrected chi connectivity index (χ1v) is 9.42. The van der Waals surface area contributed by atoms with Gasteiger partial charge in [0.2, 0.25) is 5.88 Å². The number of rotatable bonds is 3. The van der Waals surface area contributed by atoms with Gasteiger partial charge in [0.15, 0.2) is 6.17 Å². The number of pyridine rings is 1. The number of thiophene rings is 1. The van der Waals surface area contributed by atoms with E-state index in [2.05, 4.69) is 10.3 Å². The number of alkyl halides is 4. The highest BCUT2D eigenvalue weighted by molar-refractivity contribution is 7.17. The SMILES string of the molecule is CNC(=O)c1csc2c(C(F)(F)F)c(C)c(O[C@H]3CCN(C(=O)O)C[C@H]3F)nc12. The van der Waals surface area contributed by atoms with Gasteiger partial charge in [-0.2, -0.15) is 13.2 Å². The molecule has 0 radical (unpaired) electrons. The first kappa shape index (κ1) is 21.1. The predicted molar refractivity (Wildman–Crippen MR) is 96.3 cm³/mol. The third-order valence-corrected chi connectivity index (χ3v) is 5.66. The van der Waals surface area contributed by atoms with Gasteiger partial charge in [0.1, 0.15) is 6.10 Å². The lowest BCUT2D eigenvalue weighted by molar-refractivity contribution is -0.136. The minimum atomic E-state index is -4.74. The van der Waals surface area contributed by atoms with E-state index in [1.54, 1.807) is 0 Å². The maximum atomic E-state index is 14.4. The van der Waals surface area contributed by atoms with Crippen molar-refractivity contribution < 1.29 is 37.0 Å². The molecule has 2 N–H and O–H groups in total. The molecule has 1 saturated heterocycles. The van der Waals surface area contributed by atoms with E-state index >= 15 is 0 Å². The second kappa shape index (κ2) is 7.65. The molecule has 3 rings (SSSR count). The van der Waals surface area contributed by atoms with Crippen molar-refractivity contribution in [2.75, 3.05) is 20.1 Å². The molecule has 1 fully saturated rings. The van der Waals surface area contributed by atoms with Crippen LogP contribution < -0.4 is 10.1 Å². The molecule has 12 heteroatoms. The van der Waals surface area contributed by atoms with Crippen molar-refractivity contribution in [1.82, 2.24) is 15.2 Å². The largest absolute Gasteiger partial charge is 0.471 e. The molecule has 2 aromatic heterocycles. The number of carboxylic acid groups (broad SMARTS) is 1. The monoisotopic (exact) mass is 435 g/mol. The lowest BCUT2D eigenvalue weighted by Gasteiger charge is -2.33. The number of likely N-dealkylation sites (tertiary alicyclic amines) is 1. The second-order valence-corrected chi connectivity index (χ2v) is 7.39. The highest BCUT2D eigenvalue weighted by Crippen LogP contribution is 2.43. The number of nitrogens with one attached hydrogen (secondary N) is 1. The van der Waals surface area contributed by atoms with Gasteiger partial charge in [0.25, 0.3) is 5.91 Å². The van der Waals surface area contributed by atoms with E-state index in [1.807, 2.05) is 0 Å². The predicted octanol–water partition coefficient (Wildman–Crippen LogP) is 3.45. The minimum absolute atomic E-state index is 0.0181. The number of hydrogen-bond donors (Lipinski definition) is 2. The minimum Gasteiger partial charge on any atom is -0.471 e. The van der Waals surface area contributed by atoms with Crippen LogP contribution in [-0.2, 0) is 6.18 Å². The van der Waals surface area contributed by atoms with Crippen molar-refractivity contribution in [3.8, 4) is 5.88 Å². The Hall–Kier alpha value is -2.63. The van der Waals surface area contributed by atoms with Crippen LogP contribution in [0.4, 0.5) is 22.4 Å². The van der Waals surface area contributed by atoms with Crippen LogP contribution in [0.1, 0.15) is 27.9 Å². The fraction of sp³-hybridized carbons (Fsp3) is 0.471. The summed E-state index contributed by atoms with van der Waals surface area (Å²) in [6.07, 6.45) is -8.95. The highest BCUT2D eigenvalue weighted by atomic mass is 32.1. The van der Waals surface area contributed by atoms with E-state index < -0.39 is 48.4 Å². The van der Waals surface area contributed by atoms with Crippen LogP contribution in [-0.4, -0.2) is 59.4 Å². The van der Waals surface area contributed by atoms with Crippen molar-refractivity contribution in [2.45, 2.75) is 31.8 Å². The zero-order valence-corrected chi connectivity index (χ0v) is 16.2. The van der Waals surface area contributed by atoms with Crippen LogP contribution in [0.3, 0.4) is 0 Å². The summed E-state index contributed by atoms with van der Waals surface area (Å²) < 4.78 is 60.8. The molecule has 7 nitrogen and oxygen atoms in total. The van der Waals surface area contributed by atoms with Crippen LogP contribution in [0.25, 0.3) is 10.2 Å². The molecule has 0 unspecified atom stereocenters. The van der Waals surface area contributed by atoms with Crippen LogP contribution in [0, 0.1) is 6.92 Å². The third kappa shape index (κ3) is 3.93. The first-order valence-electron chi connectivity index (χ1n) is 8.54. The van der Waals surface area contributed by atoms with E-state index in [0.29, 0.717) is 0 Å². The summed E-state index contributed by atoms with van der Waals surface area (Å²) in [6.45, 7) is 0.703. The van der Waals surface area contributed by atoms with Crippen LogP contribution in [0.15, 0.2) is 5.38 Å². The summed E-state index contributed by atoms with van der Waals surface area (Å²) in [4.78, 5) is 27.9. The van der Waals surface area contributed by atoms with Crippen molar-refractivity contribution in [3.63, 3.8) is 0 Å². The molecule has 2 amide bonds. The van der Waals surface area contributed by atoms with Crippen molar-refractivity contribution in [1.29, 1.82) is 0 Å². The van der Waals surface area contributed by atoms with E-state index in [0.717, 1.165) is 16.2 Å². The van der Waals surface area contributed by atoms with Gasteiger partial charge in [0.05, 0.1) is 27.9 Å². The number of piperidine rings is 1. The Morgan fingerprint density at radius 3 is 2.66 bits per heavy atom. The molecule has 0 bridgehead atoms. The van der Waals surface area contributed by atoms with Gasteiger partial charge in [0, 0.05) is 31.0 Å². The van der Waals surface area contributed by atoms with Gasteiger partial charge in [-0.05, 0) is 6.92 Å². The fourth-order valence-electron chi connectivity index (χ4n) is 3.19. The Morgan fingerprint density at radius 1 is 1.41 bits per heavy atom. The summed E-state index contributed by atoms with van der Waals surface area (Å²) in [5.41, 5.74) is -1.53. The molecular formula is C17H17F4N3O4S. The average Bonchev–Trinajstić information content (AvgIpc) is 3.04. The van der Waals surface area contributed by atoms with Crippen molar-refractivity contribution >= 4 is 33.6 Å². The standard InChI is InChI=1S/C17H17F4N3O4S/c1-7-11(17(19,20)21)13-12(8(6-29-13)14(25)22-2)23-15(7)28-10-3-4-24(16(26)27)5-9(10)18/h6,9-10H,3-5H2,1-2H3,(H,22,25)(H,26,27)/t9-,10+/m1/s1. The molecule has 0 aliphatic carbocycles. The fourth-order valence-corrected chi connectivity index (χ4v) is 4.30. The highest BCUT2D eigenvalue weighted by Gasteiger charge is 2.39. The number of carbonyl (C=O) groups is 2. The van der Waals surface area contributed by atoms with E-state index in [4.69, 9.17) is 9.84 Å². The number of carbonyl (C=O) groups excluding carboxylic acids is 1. The number of nitrogens with zero attached hydrogens (tertiary/aromatic N) is 2. The van der Waals surface area contributed by atoms with Gasteiger partial charge >= 0.3 is 12.3 Å². The lowest BCUT2D eigenvalue weighted by Crippen LogP contribution is -2.49. The maximum absolute atomic E-state index is 14.4. The summed E-state index contributed by atoms with van der Waals surface area (Å²) >= 11 is 0.739. The third-order valence-electron chi connectivity index (χ3n) is 4.67. The molecular weight excluding hydrogens is 418 g/mol. The quantitative estimate of drug-likeness (QED) is 0.721. The van der Waals surface area contributed by atoms with Gasteiger partial charge < -0.3 is 20.1 Å². The van der Waals surface area contributed by atoms with Gasteiger partial charge in [-0.3, -0.25) is 4.79 Å². The topological polar surface area (TPSA) is 91.8 Å². The lowest BCUT2D eigenvalue weighted by atomic mass is 10.1. The normalized spacial score (nSPS) is 20.0. The molecule has 29 heavy (non-hydrogen) atoms. The second-order valence-electron chi connectivity index (χ2n) is 6.51. The average molecular weight is 435 g/mol. The Kier molecular flexibility index (Phi) is 5.57. The summed E-state index contributed by atoms with van der Waals surface area (Å²) in [7, 11) is 1.34. The Bertz CT molecular complexity index is 962. The molecule has 0 spiro atoms. The number of hydrogen-bond acceptors (Lipinski definition) is 5. The Morgan fingerprint density at radius 2 is 2.10 bits per heavy atom. The van der Waals surface area contributed by atoms with Gasteiger partial charge in [-0.25, -0.2) is 14.2 Å². The zero-order chi connectivity index (χ0) is 21.5. The molecule has 3 heterocycles. The molecule has 0 saturated carbocycles. The van der Waals surface area contributed by atoms with Gasteiger partial charge in [-0.15, -0.1) is 11.3 Å². The number of ether oxygens (including phenoxy) is 1. The van der Waals surface area contributed by atoms with E-state index in [-0.39, 0.29) is 34.3 Å².